The van der Waals surface area contributed by atoms with Crippen LogP contribution in [0.15, 0.2) is 30.5 Å². The van der Waals surface area contributed by atoms with Gasteiger partial charge in [0.05, 0.1) is 18.7 Å². The molecule has 1 amide bonds. The number of hydrogen-bond acceptors (Lipinski definition) is 6. The fourth-order valence-corrected chi connectivity index (χ4v) is 4.14. The zero-order valence-electron chi connectivity index (χ0n) is 23.1. The molecule has 200 valence electrons. The fraction of sp³-hybridized carbons (Fsp3) is 0.593. The topological polar surface area (TPSA) is 95.9 Å². The van der Waals surface area contributed by atoms with E-state index in [-0.39, 0.29) is 29.9 Å². The highest BCUT2D eigenvalue weighted by atomic mass is 28.4. The molecule has 1 atom stereocenters. The van der Waals surface area contributed by atoms with Crippen molar-refractivity contribution in [3.05, 3.63) is 36.0 Å². The fourth-order valence-electron chi connectivity index (χ4n) is 3.19. The molecule has 0 aliphatic rings. The lowest BCUT2D eigenvalue weighted by molar-refractivity contribution is -0.137. The number of carbonyl (C=O) groups is 3. The Hall–Kier alpha value is -2.81. The zero-order valence-corrected chi connectivity index (χ0v) is 24.1. The molecular formula is C27H42N2O6Si. The van der Waals surface area contributed by atoms with E-state index in [9.17, 15) is 14.4 Å². The molecule has 1 aromatic heterocycles. The summed E-state index contributed by atoms with van der Waals surface area (Å²) >= 11 is 0. The minimum atomic E-state index is -2.44. The summed E-state index contributed by atoms with van der Waals surface area (Å²) in [5.74, 6) is -0.156. The minimum Gasteiger partial charge on any atom is -0.518 e. The summed E-state index contributed by atoms with van der Waals surface area (Å²) in [6.07, 6.45) is 0.632. The van der Waals surface area contributed by atoms with Gasteiger partial charge in [0.25, 0.3) is 8.32 Å². The lowest BCUT2D eigenvalue weighted by atomic mass is 10.1. The van der Waals surface area contributed by atoms with Gasteiger partial charge in [0.1, 0.15) is 6.04 Å². The lowest BCUT2D eigenvalue weighted by Crippen LogP contribution is -2.50. The summed E-state index contributed by atoms with van der Waals surface area (Å²) < 4.78 is 18.2. The number of nitrogens with one attached hydrogen (secondary N) is 1. The molecule has 2 aromatic rings. The number of fused-ring (bicyclic) bond motifs is 1. The van der Waals surface area contributed by atoms with Gasteiger partial charge in [-0.15, -0.1) is 0 Å². The molecule has 0 bridgehead atoms. The molecule has 0 fully saturated rings. The van der Waals surface area contributed by atoms with Gasteiger partial charge in [0.2, 0.25) is 0 Å². The highest BCUT2D eigenvalue weighted by molar-refractivity contribution is 6.75. The van der Waals surface area contributed by atoms with Gasteiger partial charge < -0.3 is 19.2 Å². The molecule has 1 unspecified atom stereocenters. The number of hydrogen-bond donors (Lipinski definition) is 1. The Kier molecular flexibility index (Phi) is 9.76. The van der Waals surface area contributed by atoms with E-state index >= 15 is 0 Å². The number of rotatable bonds is 9. The first-order valence-electron chi connectivity index (χ1n) is 12.5. The van der Waals surface area contributed by atoms with E-state index in [1.165, 1.54) is 4.57 Å². The number of amides is 1. The van der Waals surface area contributed by atoms with Crippen LogP contribution in [-0.2, 0) is 25.1 Å². The van der Waals surface area contributed by atoms with Crippen LogP contribution in [0.3, 0.4) is 0 Å². The monoisotopic (exact) mass is 518 g/mol. The first kappa shape index (κ1) is 29.4. The van der Waals surface area contributed by atoms with Crippen LogP contribution in [0.1, 0.15) is 54.0 Å². The highest BCUT2D eigenvalue weighted by Gasteiger charge is 2.42. The molecule has 2 rings (SSSR count). The maximum Gasteiger partial charge on any atom is 0.418 e. The number of nitrogens with zero attached hydrogens (tertiary/aromatic N) is 1. The van der Waals surface area contributed by atoms with Crippen molar-refractivity contribution in [3.8, 4) is 0 Å². The molecule has 0 saturated carbocycles. The predicted molar refractivity (Wildman–Crippen MR) is 144 cm³/mol. The molecule has 8 nitrogen and oxygen atoms in total. The van der Waals surface area contributed by atoms with Crippen molar-refractivity contribution in [3.63, 3.8) is 0 Å². The van der Waals surface area contributed by atoms with Crippen molar-refractivity contribution in [1.82, 2.24) is 9.88 Å². The Morgan fingerprint density at radius 1 is 0.972 bits per heavy atom. The second-order valence-corrected chi connectivity index (χ2v) is 16.3. The summed E-state index contributed by atoms with van der Waals surface area (Å²) in [6, 6.07) is 6.42. The van der Waals surface area contributed by atoms with E-state index in [2.05, 4.69) is 5.32 Å². The third-order valence-corrected chi connectivity index (χ3v) is 10.6. The Labute approximate surface area is 215 Å². The molecule has 1 N–H and O–H groups in total. The summed E-state index contributed by atoms with van der Waals surface area (Å²) in [5, 5.41) is 3.30. The maximum atomic E-state index is 13.4. The van der Waals surface area contributed by atoms with Gasteiger partial charge in [-0.25, -0.2) is 9.59 Å². The number of para-hydroxylation sites is 1. The van der Waals surface area contributed by atoms with E-state index in [4.69, 9.17) is 13.9 Å². The van der Waals surface area contributed by atoms with Crippen LogP contribution in [0.25, 0.3) is 10.9 Å². The number of aromatic nitrogens is 1. The van der Waals surface area contributed by atoms with Crippen molar-refractivity contribution in [2.24, 2.45) is 11.8 Å². The van der Waals surface area contributed by atoms with Crippen molar-refractivity contribution < 1.29 is 28.3 Å². The predicted octanol–water partition coefficient (Wildman–Crippen LogP) is 6.12. The van der Waals surface area contributed by atoms with Gasteiger partial charge in [-0.05, 0) is 41.6 Å². The van der Waals surface area contributed by atoms with Crippen molar-refractivity contribution in [2.75, 3.05) is 13.2 Å². The Morgan fingerprint density at radius 3 is 2.14 bits per heavy atom. The van der Waals surface area contributed by atoms with Gasteiger partial charge in [-0.1, -0.05) is 66.7 Å². The van der Waals surface area contributed by atoms with Crippen LogP contribution >= 0.6 is 0 Å². The van der Waals surface area contributed by atoms with E-state index in [1.54, 1.807) is 6.20 Å². The SMILES string of the molecule is CC(C)COC(=O)NC(Cc1cn(C(=O)OCC(C)C)c2ccccc12)C(=O)O[Si](C)(C)C(C)(C)C. The molecule has 0 saturated heterocycles. The molecule has 0 spiro atoms. The van der Waals surface area contributed by atoms with E-state index in [0.29, 0.717) is 17.7 Å². The summed E-state index contributed by atoms with van der Waals surface area (Å²) in [7, 11) is -2.44. The van der Waals surface area contributed by atoms with E-state index in [1.807, 2.05) is 85.8 Å². The van der Waals surface area contributed by atoms with Crippen molar-refractivity contribution in [2.45, 2.75) is 79.1 Å². The molecule has 9 heteroatoms. The van der Waals surface area contributed by atoms with Crippen LogP contribution in [0.5, 0.6) is 0 Å². The molecular weight excluding hydrogens is 476 g/mol. The molecule has 36 heavy (non-hydrogen) atoms. The van der Waals surface area contributed by atoms with Gasteiger partial charge >= 0.3 is 18.2 Å². The van der Waals surface area contributed by atoms with E-state index < -0.39 is 32.5 Å². The Balaban J connectivity index is 2.39. The van der Waals surface area contributed by atoms with Crippen LogP contribution < -0.4 is 5.32 Å². The standard InChI is InChI=1S/C27H42N2O6Si/c1-18(2)16-33-25(31)28-22(24(30)35-36(8,9)27(5,6)7)14-20-15-29(26(32)34-17-19(3)4)23-13-11-10-12-21(20)23/h10-13,15,18-19,22H,14,16-17H2,1-9H3,(H,28,31). The molecule has 1 heterocycles. The first-order chi connectivity index (χ1) is 16.6. The van der Waals surface area contributed by atoms with Crippen LogP contribution in [0.2, 0.25) is 18.1 Å². The molecule has 0 aliphatic carbocycles. The van der Waals surface area contributed by atoms with Crippen molar-refractivity contribution in [1.29, 1.82) is 0 Å². The minimum absolute atomic E-state index is 0.134. The first-order valence-corrected chi connectivity index (χ1v) is 15.5. The van der Waals surface area contributed by atoms with Crippen LogP contribution in [0.4, 0.5) is 9.59 Å². The Bertz CT molecular complexity index is 1070. The second kappa shape index (κ2) is 11.9. The van der Waals surface area contributed by atoms with Crippen molar-refractivity contribution >= 4 is 37.4 Å². The number of carbonyl (C=O) groups excluding carboxylic acids is 3. The summed E-state index contributed by atoms with van der Waals surface area (Å²) in [5.41, 5.74) is 1.38. The third-order valence-electron chi connectivity index (χ3n) is 6.24. The summed E-state index contributed by atoms with van der Waals surface area (Å²) in [4.78, 5) is 38.7. The molecule has 0 radical (unpaired) electrons. The zero-order chi connectivity index (χ0) is 27.3. The molecule has 0 aliphatic heterocycles. The van der Waals surface area contributed by atoms with Gasteiger partial charge in [0.15, 0.2) is 0 Å². The average Bonchev–Trinajstić information content (AvgIpc) is 3.13. The van der Waals surface area contributed by atoms with Gasteiger partial charge in [0, 0.05) is 18.0 Å². The van der Waals surface area contributed by atoms with Gasteiger partial charge in [-0.2, -0.15) is 0 Å². The normalized spacial score (nSPS) is 13.1. The number of ether oxygens (including phenoxy) is 2. The average molecular weight is 519 g/mol. The van der Waals surface area contributed by atoms with E-state index in [0.717, 1.165) is 5.39 Å². The maximum absolute atomic E-state index is 13.4. The number of benzene rings is 1. The van der Waals surface area contributed by atoms with Crippen LogP contribution in [0, 0.1) is 11.8 Å². The Morgan fingerprint density at radius 2 is 1.56 bits per heavy atom. The molecule has 1 aromatic carbocycles. The largest absolute Gasteiger partial charge is 0.518 e. The third kappa shape index (κ3) is 7.85. The smallest absolute Gasteiger partial charge is 0.418 e. The highest BCUT2D eigenvalue weighted by Crippen LogP contribution is 2.37. The second-order valence-electron chi connectivity index (χ2n) is 11.6. The summed E-state index contributed by atoms with van der Waals surface area (Å²) in [6.45, 7) is 18.4. The lowest BCUT2D eigenvalue weighted by Gasteiger charge is -2.36. The van der Waals surface area contributed by atoms with Crippen LogP contribution in [-0.4, -0.2) is 50.3 Å². The number of alkyl carbamates (subject to hydrolysis) is 1. The quantitative estimate of drug-likeness (QED) is 0.402. The van der Waals surface area contributed by atoms with Gasteiger partial charge in [-0.3, -0.25) is 9.36 Å².